The molecule has 0 spiro atoms. The predicted octanol–water partition coefficient (Wildman–Crippen LogP) is 2.26. The van der Waals surface area contributed by atoms with Crippen molar-refractivity contribution in [2.24, 2.45) is 0 Å². The second-order valence-corrected chi connectivity index (χ2v) is 5.73. The molecule has 4 heteroatoms. The third-order valence-corrected chi connectivity index (χ3v) is 3.88. The van der Waals surface area contributed by atoms with E-state index in [2.05, 4.69) is 34.6 Å². The Morgan fingerprint density at radius 3 is 2.57 bits per heavy atom. The number of hydrogen-bond acceptors (Lipinski definition) is 3. The van der Waals surface area contributed by atoms with E-state index >= 15 is 0 Å². The topological polar surface area (TPSA) is 44.4 Å². The highest BCUT2D eigenvalue weighted by Crippen LogP contribution is 2.12. The Balaban J connectivity index is 1.75. The first-order valence-corrected chi connectivity index (χ1v) is 8.10. The molecule has 1 saturated heterocycles. The van der Waals surface area contributed by atoms with Crippen molar-refractivity contribution in [2.45, 2.75) is 32.6 Å². The van der Waals surface area contributed by atoms with Crippen LogP contribution < -0.4 is 10.6 Å². The number of piperazine rings is 1. The zero-order valence-corrected chi connectivity index (χ0v) is 13.0. The molecule has 0 bridgehead atoms. The Kier molecular flexibility index (Phi) is 6.70. The number of aryl methyl sites for hydroxylation is 1. The lowest BCUT2D eigenvalue weighted by molar-refractivity contribution is -0.117. The highest BCUT2D eigenvalue weighted by molar-refractivity contribution is 5.92. The molecule has 1 amide bonds. The van der Waals surface area contributed by atoms with Gasteiger partial charge in [-0.25, -0.2) is 0 Å². The van der Waals surface area contributed by atoms with Crippen molar-refractivity contribution in [3.8, 4) is 0 Å². The highest BCUT2D eigenvalue weighted by atomic mass is 16.2. The second kappa shape index (κ2) is 8.80. The molecular weight excluding hydrogens is 262 g/mol. The summed E-state index contributed by atoms with van der Waals surface area (Å²) >= 11 is 0. The first-order chi connectivity index (χ1) is 10.3. The number of benzene rings is 1. The van der Waals surface area contributed by atoms with E-state index in [1.807, 2.05) is 12.1 Å². The quantitative estimate of drug-likeness (QED) is 0.757. The van der Waals surface area contributed by atoms with Gasteiger partial charge in [0.15, 0.2) is 0 Å². The van der Waals surface area contributed by atoms with E-state index in [9.17, 15) is 4.79 Å². The highest BCUT2D eigenvalue weighted by Gasteiger charge is 2.13. The molecule has 1 aliphatic heterocycles. The van der Waals surface area contributed by atoms with E-state index in [0.717, 1.165) is 38.3 Å². The van der Waals surface area contributed by atoms with Crippen molar-refractivity contribution in [1.82, 2.24) is 10.2 Å². The number of carbonyl (C=O) groups is 1. The van der Waals surface area contributed by atoms with E-state index in [4.69, 9.17) is 0 Å². The van der Waals surface area contributed by atoms with Crippen LogP contribution in [-0.4, -0.2) is 43.5 Å². The molecule has 0 aromatic heterocycles. The van der Waals surface area contributed by atoms with Gasteiger partial charge < -0.3 is 10.6 Å². The van der Waals surface area contributed by atoms with Gasteiger partial charge in [0.1, 0.15) is 0 Å². The van der Waals surface area contributed by atoms with Crippen LogP contribution in [0.1, 0.15) is 31.7 Å². The number of amides is 1. The molecule has 0 saturated carbocycles. The van der Waals surface area contributed by atoms with Gasteiger partial charge in [0, 0.05) is 31.9 Å². The standard InChI is InChI=1S/C17H27N3O/c1-2-3-4-5-15-6-8-16(9-7-15)19-17(21)14-20-12-10-18-11-13-20/h6-9,18H,2-5,10-14H2,1H3,(H,19,21). The Morgan fingerprint density at radius 1 is 1.19 bits per heavy atom. The molecule has 21 heavy (non-hydrogen) atoms. The van der Waals surface area contributed by atoms with E-state index in [-0.39, 0.29) is 5.91 Å². The lowest BCUT2D eigenvalue weighted by Gasteiger charge is -2.26. The molecule has 2 N–H and O–H groups in total. The van der Waals surface area contributed by atoms with Crippen molar-refractivity contribution < 1.29 is 4.79 Å². The molecule has 116 valence electrons. The van der Waals surface area contributed by atoms with Gasteiger partial charge in [0.2, 0.25) is 5.91 Å². The van der Waals surface area contributed by atoms with Gasteiger partial charge in [-0.3, -0.25) is 9.69 Å². The largest absolute Gasteiger partial charge is 0.325 e. The summed E-state index contributed by atoms with van der Waals surface area (Å²) in [6.07, 6.45) is 4.90. The lowest BCUT2D eigenvalue weighted by atomic mass is 10.1. The van der Waals surface area contributed by atoms with Crippen LogP contribution in [0.2, 0.25) is 0 Å². The summed E-state index contributed by atoms with van der Waals surface area (Å²) in [6.45, 7) is 6.55. The van der Waals surface area contributed by atoms with Crippen molar-refractivity contribution in [2.75, 3.05) is 38.0 Å². The summed E-state index contributed by atoms with van der Waals surface area (Å²) in [5.74, 6) is 0.0793. The van der Waals surface area contributed by atoms with Gasteiger partial charge >= 0.3 is 0 Å². The van der Waals surface area contributed by atoms with Gasteiger partial charge in [-0.1, -0.05) is 31.9 Å². The van der Waals surface area contributed by atoms with Crippen molar-refractivity contribution in [3.63, 3.8) is 0 Å². The first-order valence-electron chi connectivity index (χ1n) is 8.10. The minimum absolute atomic E-state index is 0.0793. The van der Waals surface area contributed by atoms with Crippen LogP contribution in [0.5, 0.6) is 0 Å². The van der Waals surface area contributed by atoms with Crippen LogP contribution >= 0.6 is 0 Å². The molecule has 0 atom stereocenters. The van der Waals surface area contributed by atoms with Crippen LogP contribution in [-0.2, 0) is 11.2 Å². The Bertz CT molecular complexity index is 424. The van der Waals surface area contributed by atoms with Gasteiger partial charge in [-0.15, -0.1) is 0 Å². The molecule has 4 nitrogen and oxygen atoms in total. The summed E-state index contributed by atoms with van der Waals surface area (Å²) in [5.41, 5.74) is 2.25. The molecule has 2 rings (SSSR count). The van der Waals surface area contributed by atoms with Crippen LogP contribution in [0.15, 0.2) is 24.3 Å². The van der Waals surface area contributed by atoms with E-state index in [1.54, 1.807) is 0 Å². The molecule has 0 unspecified atom stereocenters. The molecule has 1 aromatic rings. The van der Waals surface area contributed by atoms with Crippen LogP contribution in [0.4, 0.5) is 5.69 Å². The average molecular weight is 289 g/mol. The minimum atomic E-state index is 0.0793. The fourth-order valence-corrected chi connectivity index (χ4v) is 2.61. The zero-order valence-electron chi connectivity index (χ0n) is 13.0. The molecular formula is C17H27N3O. The summed E-state index contributed by atoms with van der Waals surface area (Å²) in [7, 11) is 0. The summed E-state index contributed by atoms with van der Waals surface area (Å²) in [6, 6.07) is 8.26. The zero-order chi connectivity index (χ0) is 14.9. The monoisotopic (exact) mass is 289 g/mol. The Hall–Kier alpha value is -1.39. The summed E-state index contributed by atoms with van der Waals surface area (Å²) < 4.78 is 0. The maximum Gasteiger partial charge on any atom is 0.238 e. The maximum atomic E-state index is 12.0. The Labute approximate surface area is 127 Å². The summed E-state index contributed by atoms with van der Waals surface area (Å²) in [5, 5.41) is 6.27. The fourth-order valence-electron chi connectivity index (χ4n) is 2.61. The fraction of sp³-hybridized carbons (Fsp3) is 0.588. The molecule has 1 heterocycles. The number of nitrogens with one attached hydrogen (secondary N) is 2. The van der Waals surface area contributed by atoms with Crippen molar-refractivity contribution >= 4 is 11.6 Å². The van der Waals surface area contributed by atoms with Gasteiger partial charge in [-0.2, -0.15) is 0 Å². The Morgan fingerprint density at radius 2 is 1.90 bits per heavy atom. The molecule has 1 aliphatic rings. The molecule has 0 aliphatic carbocycles. The normalized spacial score (nSPS) is 15.9. The number of unbranched alkanes of at least 4 members (excludes halogenated alkanes) is 2. The number of carbonyl (C=O) groups excluding carboxylic acids is 1. The molecule has 1 fully saturated rings. The molecule has 1 aromatic carbocycles. The van der Waals surface area contributed by atoms with E-state index in [0.29, 0.717) is 6.54 Å². The summed E-state index contributed by atoms with van der Waals surface area (Å²) in [4.78, 5) is 14.2. The van der Waals surface area contributed by atoms with Crippen LogP contribution in [0, 0.1) is 0 Å². The predicted molar refractivity (Wildman–Crippen MR) is 87.6 cm³/mol. The third-order valence-electron chi connectivity index (χ3n) is 3.88. The average Bonchev–Trinajstić information content (AvgIpc) is 2.50. The van der Waals surface area contributed by atoms with E-state index < -0.39 is 0 Å². The number of nitrogens with zero attached hydrogens (tertiary/aromatic N) is 1. The first kappa shape index (κ1) is 16.0. The number of rotatable bonds is 7. The van der Waals surface area contributed by atoms with Gasteiger partial charge in [0.05, 0.1) is 6.54 Å². The number of anilines is 1. The van der Waals surface area contributed by atoms with E-state index in [1.165, 1.54) is 24.8 Å². The van der Waals surface area contributed by atoms with Gasteiger partial charge in [0.25, 0.3) is 0 Å². The van der Waals surface area contributed by atoms with Gasteiger partial charge in [-0.05, 0) is 30.5 Å². The lowest BCUT2D eigenvalue weighted by Crippen LogP contribution is -2.46. The smallest absolute Gasteiger partial charge is 0.238 e. The maximum absolute atomic E-state index is 12.0. The third kappa shape index (κ3) is 5.86. The number of hydrogen-bond donors (Lipinski definition) is 2. The SMILES string of the molecule is CCCCCc1ccc(NC(=O)CN2CCNCC2)cc1. The minimum Gasteiger partial charge on any atom is -0.325 e. The van der Waals surface area contributed by atoms with Crippen molar-refractivity contribution in [3.05, 3.63) is 29.8 Å². The molecule has 0 radical (unpaired) electrons. The van der Waals surface area contributed by atoms with Crippen LogP contribution in [0.25, 0.3) is 0 Å². The van der Waals surface area contributed by atoms with Crippen molar-refractivity contribution in [1.29, 1.82) is 0 Å². The second-order valence-electron chi connectivity index (χ2n) is 5.73. The van der Waals surface area contributed by atoms with Crippen LogP contribution in [0.3, 0.4) is 0 Å².